The van der Waals surface area contributed by atoms with Crippen molar-refractivity contribution in [3.63, 3.8) is 0 Å². The Labute approximate surface area is 164 Å². The van der Waals surface area contributed by atoms with Gasteiger partial charge in [-0.3, -0.25) is 4.79 Å². The summed E-state index contributed by atoms with van der Waals surface area (Å²) in [4.78, 5) is 16.4. The van der Waals surface area contributed by atoms with Crippen LogP contribution in [0.4, 0.5) is 0 Å². The van der Waals surface area contributed by atoms with Crippen molar-refractivity contribution < 1.29 is 14.2 Å². The maximum absolute atomic E-state index is 12.4. The molecule has 0 bridgehead atoms. The first-order valence-corrected chi connectivity index (χ1v) is 8.86. The zero-order valence-corrected chi connectivity index (χ0v) is 15.5. The highest BCUT2D eigenvalue weighted by atomic mass is 35.5. The Balaban J connectivity index is 1.47. The summed E-state index contributed by atoms with van der Waals surface area (Å²) in [5.41, 5.74) is 1.43. The number of fused-ring (bicyclic) bond motifs is 1. The lowest BCUT2D eigenvalue weighted by molar-refractivity contribution is 0.174. The predicted octanol–water partition coefficient (Wildman–Crippen LogP) is 3.91. The number of hydrogen-bond donors (Lipinski definition) is 0. The molecule has 3 aromatic rings. The van der Waals surface area contributed by atoms with Gasteiger partial charge in [-0.2, -0.15) is 0 Å². The Morgan fingerprint density at radius 1 is 1.11 bits per heavy atom. The average molecular weight is 405 g/mol. The number of halogens is 2. The van der Waals surface area contributed by atoms with Crippen molar-refractivity contribution in [1.29, 1.82) is 0 Å². The third-order valence-corrected chi connectivity index (χ3v) is 4.62. The van der Waals surface area contributed by atoms with Gasteiger partial charge in [0.25, 0.3) is 5.56 Å². The van der Waals surface area contributed by atoms with E-state index >= 15 is 0 Å². The number of rotatable bonds is 5. The molecule has 1 aromatic carbocycles. The molecule has 0 atom stereocenters. The van der Waals surface area contributed by atoms with Gasteiger partial charge >= 0.3 is 0 Å². The summed E-state index contributed by atoms with van der Waals surface area (Å²) in [6.45, 7) is 0.779. The van der Waals surface area contributed by atoms with Crippen LogP contribution in [-0.2, 0) is 13.2 Å². The number of aromatic nitrogens is 2. The maximum Gasteiger partial charge on any atom is 0.254 e. The maximum atomic E-state index is 12.4. The largest absolute Gasteiger partial charge is 0.489 e. The van der Waals surface area contributed by atoms with Crippen molar-refractivity contribution in [2.75, 3.05) is 6.79 Å². The summed E-state index contributed by atoms with van der Waals surface area (Å²) in [6.07, 6.45) is 3.30. The van der Waals surface area contributed by atoms with Crippen molar-refractivity contribution in [3.05, 3.63) is 80.4 Å². The Bertz CT molecular complexity index is 1030. The van der Waals surface area contributed by atoms with Gasteiger partial charge in [0.1, 0.15) is 17.5 Å². The van der Waals surface area contributed by atoms with E-state index in [0.717, 1.165) is 11.1 Å². The second kappa shape index (κ2) is 7.50. The summed E-state index contributed by atoms with van der Waals surface area (Å²) in [6, 6.07) is 10.2. The quantitative estimate of drug-likeness (QED) is 0.603. The summed E-state index contributed by atoms with van der Waals surface area (Å²) >= 11 is 12.0. The molecule has 1 aliphatic heterocycles. The minimum atomic E-state index is -0.199. The fraction of sp³-hybridized carbons (Fsp3) is 0.158. The molecule has 4 rings (SSSR count). The molecule has 0 spiro atoms. The molecule has 8 heteroatoms. The molecule has 0 amide bonds. The molecular weight excluding hydrogens is 391 g/mol. The smallest absolute Gasteiger partial charge is 0.254 e. The first-order valence-electron chi connectivity index (χ1n) is 8.10. The SMILES string of the molecule is O=c1cc(OCc2ccc(Cl)nc2)ccn1Cc1cc2c(cc1Cl)OCO2. The Hall–Kier alpha value is -2.70. The second-order valence-electron chi connectivity index (χ2n) is 5.90. The van der Waals surface area contributed by atoms with Gasteiger partial charge in [-0.1, -0.05) is 29.3 Å². The van der Waals surface area contributed by atoms with Crippen LogP contribution in [0.2, 0.25) is 10.2 Å². The fourth-order valence-corrected chi connectivity index (χ4v) is 2.96. The minimum Gasteiger partial charge on any atom is -0.489 e. The normalized spacial score (nSPS) is 12.2. The molecule has 0 N–H and O–H groups in total. The fourth-order valence-electron chi connectivity index (χ4n) is 2.63. The molecule has 0 unspecified atom stereocenters. The molecule has 3 heterocycles. The number of ether oxygens (including phenoxy) is 3. The van der Waals surface area contributed by atoms with Gasteiger partial charge in [0.05, 0.1) is 6.54 Å². The van der Waals surface area contributed by atoms with Crippen LogP contribution in [0.3, 0.4) is 0 Å². The van der Waals surface area contributed by atoms with Crippen LogP contribution in [0, 0.1) is 0 Å². The molecule has 0 fully saturated rings. The molecule has 0 radical (unpaired) electrons. The third kappa shape index (κ3) is 4.02. The van der Waals surface area contributed by atoms with Crippen LogP contribution in [-0.4, -0.2) is 16.3 Å². The van der Waals surface area contributed by atoms with Crippen molar-refractivity contribution in [2.24, 2.45) is 0 Å². The van der Waals surface area contributed by atoms with Crippen LogP contribution in [0.5, 0.6) is 17.2 Å². The van der Waals surface area contributed by atoms with Crippen molar-refractivity contribution >= 4 is 23.2 Å². The molecule has 27 heavy (non-hydrogen) atoms. The minimum absolute atomic E-state index is 0.171. The van der Waals surface area contributed by atoms with Gasteiger partial charge in [-0.05, 0) is 23.8 Å². The van der Waals surface area contributed by atoms with Gasteiger partial charge in [0, 0.05) is 35.1 Å². The summed E-state index contributed by atoms with van der Waals surface area (Å²) in [5, 5.41) is 0.935. The van der Waals surface area contributed by atoms with Crippen molar-refractivity contribution in [2.45, 2.75) is 13.2 Å². The van der Waals surface area contributed by atoms with E-state index in [1.807, 2.05) is 6.07 Å². The van der Waals surface area contributed by atoms with E-state index in [9.17, 15) is 4.79 Å². The van der Waals surface area contributed by atoms with Gasteiger partial charge in [-0.15, -0.1) is 0 Å². The van der Waals surface area contributed by atoms with E-state index < -0.39 is 0 Å². The average Bonchev–Trinajstić information content (AvgIpc) is 3.10. The highest BCUT2D eigenvalue weighted by Gasteiger charge is 2.17. The van der Waals surface area contributed by atoms with E-state index in [1.165, 1.54) is 6.07 Å². The standard InChI is InChI=1S/C19H14Cl2N2O4/c20-15-7-17-16(26-11-27-17)5-13(15)9-23-4-3-14(6-19(23)24)25-10-12-1-2-18(21)22-8-12/h1-8H,9-11H2. The van der Waals surface area contributed by atoms with E-state index in [2.05, 4.69) is 4.98 Å². The highest BCUT2D eigenvalue weighted by Crippen LogP contribution is 2.36. The monoisotopic (exact) mass is 404 g/mol. The zero-order valence-electron chi connectivity index (χ0n) is 14.0. The van der Waals surface area contributed by atoms with E-state index in [0.29, 0.717) is 40.6 Å². The first kappa shape index (κ1) is 17.7. The third-order valence-electron chi connectivity index (χ3n) is 4.04. The van der Waals surface area contributed by atoms with Crippen LogP contribution in [0.25, 0.3) is 0 Å². The van der Waals surface area contributed by atoms with E-state index in [-0.39, 0.29) is 12.4 Å². The Morgan fingerprint density at radius 3 is 2.67 bits per heavy atom. The molecular formula is C19H14Cl2N2O4. The van der Waals surface area contributed by atoms with Gasteiger partial charge in [-0.25, -0.2) is 4.98 Å². The van der Waals surface area contributed by atoms with E-state index in [1.54, 1.807) is 41.2 Å². The van der Waals surface area contributed by atoms with Gasteiger partial charge < -0.3 is 18.8 Å². The Morgan fingerprint density at radius 2 is 1.93 bits per heavy atom. The number of hydrogen-bond acceptors (Lipinski definition) is 5. The first-order chi connectivity index (χ1) is 13.1. The molecule has 6 nitrogen and oxygen atoms in total. The van der Waals surface area contributed by atoms with Crippen LogP contribution in [0.1, 0.15) is 11.1 Å². The topological polar surface area (TPSA) is 62.6 Å². The lowest BCUT2D eigenvalue weighted by atomic mass is 10.2. The second-order valence-corrected chi connectivity index (χ2v) is 6.70. The van der Waals surface area contributed by atoms with Gasteiger partial charge in [0.2, 0.25) is 6.79 Å². The molecule has 138 valence electrons. The highest BCUT2D eigenvalue weighted by molar-refractivity contribution is 6.31. The molecule has 2 aromatic heterocycles. The van der Waals surface area contributed by atoms with E-state index in [4.69, 9.17) is 37.4 Å². The van der Waals surface area contributed by atoms with Crippen LogP contribution < -0.4 is 19.8 Å². The molecule has 0 saturated carbocycles. The zero-order chi connectivity index (χ0) is 18.8. The molecule has 0 saturated heterocycles. The number of benzene rings is 1. The van der Waals surface area contributed by atoms with Crippen molar-refractivity contribution in [3.8, 4) is 17.2 Å². The lowest BCUT2D eigenvalue weighted by Crippen LogP contribution is -2.19. The van der Waals surface area contributed by atoms with Crippen LogP contribution >= 0.6 is 23.2 Å². The summed E-state index contributed by atoms with van der Waals surface area (Å²) in [5.74, 6) is 1.71. The summed E-state index contributed by atoms with van der Waals surface area (Å²) < 4.78 is 17.8. The van der Waals surface area contributed by atoms with Crippen LogP contribution in [0.15, 0.2) is 53.6 Å². The van der Waals surface area contributed by atoms with Crippen molar-refractivity contribution in [1.82, 2.24) is 9.55 Å². The Kier molecular flexibility index (Phi) is 4.92. The number of nitrogens with zero attached hydrogens (tertiary/aromatic N) is 2. The van der Waals surface area contributed by atoms with Gasteiger partial charge in [0.15, 0.2) is 11.5 Å². The number of pyridine rings is 2. The summed E-state index contributed by atoms with van der Waals surface area (Å²) in [7, 11) is 0. The molecule has 1 aliphatic rings. The predicted molar refractivity (Wildman–Crippen MR) is 101 cm³/mol. The molecule has 0 aliphatic carbocycles. The lowest BCUT2D eigenvalue weighted by Gasteiger charge is -2.10.